The number of hydrogen-bond donors (Lipinski definition) is 1. The summed E-state index contributed by atoms with van der Waals surface area (Å²) >= 11 is 9.42. The fourth-order valence-electron chi connectivity index (χ4n) is 2.09. The maximum Gasteiger partial charge on any atom is 0.0406 e. The fourth-order valence-corrected chi connectivity index (χ4v) is 2.64. The van der Waals surface area contributed by atoms with Gasteiger partial charge in [0.15, 0.2) is 0 Å². The third-order valence-corrected chi connectivity index (χ3v) is 3.96. The summed E-state index contributed by atoms with van der Waals surface area (Å²) in [6.07, 6.45) is 0. The van der Waals surface area contributed by atoms with Gasteiger partial charge in [-0.15, -0.1) is 0 Å². The fraction of sp³-hybridized carbons (Fsp3) is 0.250. The van der Waals surface area contributed by atoms with E-state index in [1.54, 1.807) is 0 Å². The van der Waals surface area contributed by atoms with Gasteiger partial charge in [-0.2, -0.15) is 0 Å². The molecule has 0 spiro atoms. The van der Waals surface area contributed by atoms with Crippen LogP contribution in [0.3, 0.4) is 0 Å². The lowest BCUT2D eigenvalue weighted by Crippen LogP contribution is -2.22. The molecule has 0 amide bonds. The molecule has 19 heavy (non-hydrogen) atoms. The highest BCUT2D eigenvalue weighted by molar-refractivity contribution is 9.10. The van der Waals surface area contributed by atoms with Gasteiger partial charge in [-0.3, -0.25) is 0 Å². The Kier molecular flexibility index (Phi) is 5.03. The van der Waals surface area contributed by atoms with Gasteiger partial charge in [0.05, 0.1) is 0 Å². The van der Waals surface area contributed by atoms with Crippen LogP contribution >= 0.6 is 27.5 Å². The van der Waals surface area contributed by atoms with Crippen LogP contribution in [0.25, 0.3) is 0 Å². The van der Waals surface area contributed by atoms with E-state index in [9.17, 15) is 0 Å². The first kappa shape index (κ1) is 14.6. The molecule has 0 aliphatic heterocycles. The van der Waals surface area contributed by atoms with E-state index in [-0.39, 0.29) is 6.04 Å². The van der Waals surface area contributed by atoms with Gasteiger partial charge in [0.2, 0.25) is 0 Å². The van der Waals surface area contributed by atoms with E-state index < -0.39 is 0 Å². The van der Waals surface area contributed by atoms with Crippen LogP contribution < -0.4 is 5.32 Å². The molecule has 2 atom stereocenters. The Bertz CT molecular complexity index is 539. The second kappa shape index (κ2) is 6.56. The van der Waals surface area contributed by atoms with Gasteiger partial charge in [0.1, 0.15) is 0 Å². The minimum absolute atomic E-state index is 0.284. The highest BCUT2D eigenvalue weighted by atomic mass is 79.9. The second-order valence-electron chi connectivity index (χ2n) is 4.72. The van der Waals surface area contributed by atoms with E-state index in [2.05, 4.69) is 65.4 Å². The lowest BCUT2D eigenvalue weighted by Gasteiger charge is -2.21. The Morgan fingerprint density at radius 2 is 1.58 bits per heavy atom. The van der Waals surface area contributed by atoms with Crippen molar-refractivity contribution in [2.45, 2.75) is 25.9 Å². The zero-order chi connectivity index (χ0) is 13.8. The van der Waals surface area contributed by atoms with Crippen molar-refractivity contribution < 1.29 is 0 Å². The van der Waals surface area contributed by atoms with Crippen molar-refractivity contribution in [2.75, 3.05) is 0 Å². The predicted octanol–water partition coefficient (Wildman–Crippen LogP) is 5.51. The van der Waals surface area contributed by atoms with Gasteiger partial charge in [0.25, 0.3) is 0 Å². The first-order chi connectivity index (χ1) is 9.06. The molecule has 0 aliphatic rings. The lowest BCUT2D eigenvalue weighted by atomic mass is 10.0. The molecule has 2 rings (SSSR count). The minimum Gasteiger partial charge on any atom is -0.304 e. The summed E-state index contributed by atoms with van der Waals surface area (Å²) in [6.45, 7) is 4.34. The first-order valence-electron chi connectivity index (χ1n) is 6.33. The maximum absolute atomic E-state index is 5.91. The van der Waals surface area contributed by atoms with Crippen LogP contribution in [0.2, 0.25) is 5.02 Å². The molecule has 0 heterocycles. The zero-order valence-electron chi connectivity index (χ0n) is 11.0. The summed E-state index contributed by atoms with van der Waals surface area (Å²) in [5.41, 5.74) is 2.52. The van der Waals surface area contributed by atoms with E-state index in [1.165, 1.54) is 11.1 Å². The van der Waals surface area contributed by atoms with Crippen molar-refractivity contribution >= 4 is 27.5 Å². The molecule has 3 heteroatoms. The third kappa shape index (κ3) is 4.07. The van der Waals surface area contributed by atoms with Crippen LogP contribution in [0.5, 0.6) is 0 Å². The van der Waals surface area contributed by atoms with E-state index in [4.69, 9.17) is 11.6 Å². The van der Waals surface area contributed by atoms with Crippen molar-refractivity contribution in [1.29, 1.82) is 0 Å². The number of benzene rings is 2. The van der Waals surface area contributed by atoms with E-state index >= 15 is 0 Å². The van der Waals surface area contributed by atoms with E-state index in [0.717, 1.165) is 9.50 Å². The normalized spacial score (nSPS) is 14.1. The first-order valence-corrected chi connectivity index (χ1v) is 7.50. The summed E-state index contributed by atoms with van der Waals surface area (Å²) in [5.74, 6) is 0. The number of hydrogen-bond acceptors (Lipinski definition) is 1. The standard InChI is InChI=1S/C16H17BrClN/c1-11(13-6-8-16(18)9-7-13)19-12(2)14-4-3-5-15(17)10-14/h3-12,19H,1-2H3. The third-order valence-electron chi connectivity index (χ3n) is 3.22. The number of nitrogens with one attached hydrogen (secondary N) is 1. The van der Waals surface area contributed by atoms with Crippen LogP contribution in [-0.2, 0) is 0 Å². The van der Waals surface area contributed by atoms with Crippen molar-refractivity contribution in [3.8, 4) is 0 Å². The summed E-state index contributed by atoms with van der Waals surface area (Å²) in [5, 5.41) is 4.37. The van der Waals surface area contributed by atoms with Gasteiger partial charge >= 0.3 is 0 Å². The Morgan fingerprint density at radius 3 is 2.21 bits per heavy atom. The van der Waals surface area contributed by atoms with E-state index in [0.29, 0.717) is 6.04 Å². The largest absolute Gasteiger partial charge is 0.304 e. The van der Waals surface area contributed by atoms with Crippen LogP contribution in [0.1, 0.15) is 37.1 Å². The Morgan fingerprint density at radius 1 is 0.947 bits per heavy atom. The molecule has 2 unspecified atom stereocenters. The summed E-state index contributed by atoms with van der Waals surface area (Å²) in [7, 11) is 0. The van der Waals surface area contributed by atoms with E-state index in [1.807, 2.05) is 18.2 Å². The monoisotopic (exact) mass is 337 g/mol. The van der Waals surface area contributed by atoms with Crippen LogP contribution in [0, 0.1) is 0 Å². The topological polar surface area (TPSA) is 12.0 Å². The second-order valence-corrected chi connectivity index (χ2v) is 6.07. The van der Waals surface area contributed by atoms with Gasteiger partial charge < -0.3 is 5.32 Å². The smallest absolute Gasteiger partial charge is 0.0406 e. The quantitative estimate of drug-likeness (QED) is 0.774. The Balaban J connectivity index is 2.06. The Labute approximate surface area is 128 Å². The predicted molar refractivity (Wildman–Crippen MR) is 85.6 cm³/mol. The summed E-state index contributed by atoms with van der Waals surface area (Å²) in [6, 6.07) is 16.9. The minimum atomic E-state index is 0.284. The van der Waals surface area contributed by atoms with Crippen LogP contribution in [0.15, 0.2) is 53.0 Å². The molecule has 2 aromatic rings. The summed E-state index contributed by atoms with van der Waals surface area (Å²) < 4.78 is 1.11. The average Bonchev–Trinajstić information content (AvgIpc) is 2.39. The molecule has 2 aromatic carbocycles. The molecule has 1 N–H and O–H groups in total. The van der Waals surface area contributed by atoms with Crippen LogP contribution in [0.4, 0.5) is 0 Å². The highest BCUT2D eigenvalue weighted by Gasteiger charge is 2.11. The van der Waals surface area contributed by atoms with Gasteiger partial charge in [-0.05, 0) is 49.2 Å². The van der Waals surface area contributed by atoms with Crippen molar-refractivity contribution in [1.82, 2.24) is 5.32 Å². The van der Waals surface area contributed by atoms with Crippen molar-refractivity contribution in [3.05, 3.63) is 69.2 Å². The molecule has 0 radical (unpaired) electrons. The van der Waals surface area contributed by atoms with Gasteiger partial charge in [0, 0.05) is 21.6 Å². The highest BCUT2D eigenvalue weighted by Crippen LogP contribution is 2.22. The molecule has 0 saturated carbocycles. The average molecular weight is 339 g/mol. The number of rotatable bonds is 4. The molecule has 1 nitrogen and oxygen atoms in total. The summed E-state index contributed by atoms with van der Waals surface area (Å²) in [4.78, 5) is 0. The molecular formula is C16H17BrClN. The van der Waals surface area contributed by atoms with Gasteiger partial charge in [-0.25, -0.2) is 0 Å². The lowest BCUT2D eigenvalue weighted by molar-refractivity contribution is 0.494. The molecule has 0 fully saturated rings. The Hall–Kier alpha value is -0.830. The number of halogens is 2. The van der Waals surface area contributed by atoms with Crippen LogP contribution in [-0.4, -0.2) is 0 Å². The SMILES string of the molecule is CC(NC(C)c1cccc(Br)c1)c1ccc(Cl)cc1. The maximum atomic E-state index is 5.91. The molecule has 0 aliphatic carbocycles. The molecule has 0 bridgehead atoms. The molecule has 0 aromatic heterocycles. The zero-order valence-corrected chi connectivity index (χ0v) is 13.4. The molecule has 0 saturated heterocycles. The molecular weight excluding hydrogens is 322 g/mol. The molecule has 100 valence electrons. The van der Waals surface area contributed by atoms with Gasteiger partial charge in [-0.1, -0.05) is 51.8 Å². The van der Waals surface area contributed by atoms with Crippen molar-refractivity contribution in [2.24, 2.45) is 0 Å². The van der Waals surface area contributed by atoms with Crippen molar-refractivity contribution in [3.63, 3.8) is 0 Å².